The van der Waals surface area contributed by atoms with Crippen molar-refractivity contribution in [2.45, 2.75) is 25.4 Å². The Hall–Kier alpha value is -1.98. The molecule has 2 aromatic rings. The van der Waals surface area contributed by atoms with Crippen LogP contribution in [0.25, 0.3) is 0 Å². The van der Waals surface area contributed by atoms with Gasteiger partial charge in [0.05, 0.1) is 19.3 Å². The smallest absolute Gasteiger partial charge is 0.191 e. The molecule has 1 aromatic heterocycles. The number of aliphatic imine (C=N–C) groups is 1. The molecule has 4 rings (SSSR count). The Morgan fingerprint density at radius 3 is 2.42 bits per heavy atom. The van der Waals surface area contributed by atoms with Crippen LogP contribution in [0, 0.1) is 5.82 Å². The molecule has 9 heteroatoms. The Morgan fingerprint density at radius 1 is 1.06 bits per heavy atom. The summed E-state index contributed by atoms with van der Waals surface area (Å²) in [5, 5.41) is 6.82. The first-order chi connectivity index (χ1) is 15.7. The average Bonchev–Trinajstić information content (AvgIpc) is 3.38. The van der Waals surface area contributed by atoms with E-state index in [2.05, 4.69) is 42.5 Å². The minimum absolute atomic E-state index is 0. The first-order valence-corrected chi connectivity index (χ1v) is 11.4. The molecule has 0 amide bonds. The van der Waals surface area contributed by atoms with E-state index in [0.717, 1.165) is 49.1 Å². The van der Waals surface area contributed by atoms with Crippen molar-refractivity contribution in [3.05, 3.63) is 59.5 Å². The monoisotopic (exact) mass is 568 g/mol. The highest BCUT2D eigenvalue weighted by molar-refractivity contribution is 14.0. The van der Waals surface area contributed by atoms with Gasteiger partial charge >= 0.3 is 0 Å². The Labute approximate surface area is 212 Å². The SMILES string of the molecule is CN=C(NCc1ccc(N2CCCC2)nc1)NCC(c1ccc(F)cc1)N1CCOCC1.I. The van der Waals surface area contributed by atoms with E-state index in [1.165, 1.54) is 25.0 Å². The number of aromatic nitrogens is 1. The molecule has 2 aliphatic rings. The third-order valence-electron chi connectivity index (χ3n) is 6.13. The summed E-state index contributed by atoms with van der Waals surface area (Å²) in [5.74, 6) is 1.57. The second kappa shape index (κ2) is 13.0. The number of nitrogens with one attached hydrogen (secondary N) is 2. The zero-order valence-corrected chi connectivity index (χ0v) is 21.5. The molecule has 2 aliphatic heterocycles. The quantitative estimate of drug-likeness (QED) is 0.304. The maximum atomic E-state index is 13.4. The molecular formula is C24H34FIN6O. The fourth-order valence-corrected chi connectivity index (χ4v) is 4.29. The summed E-state index contributed by atoms with van der Waals surface area (Å²) >= 11 is 0. The molecule has 0 spiro atoms. The lowest BCUT2D eigenvalue weighted by atomic mass is 10.0. The lowest BCUT2D eigenvalue weighted by Gasteiger charge is -2.35. The lowest BCUT2D eigenvalue weighted by molar-refractivity contribution is 0.0170. The van der Waals surface area contributed by atoms with Crippen molar-refractivity contribution in [1.29, 1.82) is 0 Å². The number of benzene rings is 1. The second-order valence-electron chi connectivity index (χ2n) is 8.24. The van der Waals surface area contributed by atoms with Crippen molar-refractivity contribution in [1.82, 2.24) is 20.5 Å². The van der Waals surface area contributed by atoms with Crippen LogP contribution in [-0.4, -0.2) is 68.8 Å². The van der Waals surface area contributed by atoms with Crippen molar-refractivity contribution in [3.63, 3.8) is 0 Å². The topological polar surface area (TPSA) is 65.0 Å². The van der Waals surface area contributed by atoms with Gasteiger partial charge in [0.25, 0.3) is 0 Å². The number of hydrogen-bond donors (Lipinski definition) is 2. The summed E-state index contributed by atoms with van der Waals surface area (Å²) in [4.78, 5) is 13.7. The maximum absolute atomic E-state index is 13.4. The van der Waals surface area contributed by atoms with Crippen LogP contribution >= 0.6 is 24.0 Å². The third kappa shape index (κ3) is 7.25. The van der Waals surface area contributed by atoms with Gasteiger partial charge in [-0.05, 0) is 42.2 Å². The molecular weight excluding hydrogens is 534 g/mol. The molecule has 0 aliphatic carbocycles. The van der Waals surface area contributed by atoms with Gasteiger partial charge in [-0.25, -0.2) is 9.37 Å². The molecule has 2 N–H and O–H groups in total. The third-order valence-corrected chi connectivity index (χ3v) is 6.13. The van der Waals surface area contributed by atoms with Crippen LogP contribution in [0.5, 0.6) is 0 Å². The van der Waals surface area contributed by atoms with Gasteiger partial charge in [0.2, 0.25) is 0 Å². The highest BCUT2D eigenvalue weighted by Gasteiger charge is 2.23. The number of anilines is 1. The number of rotatable bonds is 7. The zero-order chi connectivity index (χ0) is 22.2. The number of hydrogen-bond acceptors (Lipinski definition) is 5. The second-order valence-corrected chi connectivity index (χ2v) is 8.24. The summed E-state index contributed by atoms with van der Waals surface area (Å²) < 4.78 is 19.0. The molecule has 2 fully saturated rings. The largest absolute Gasteiger partial charge is 0.379 e. The fraction of sp³-hybridized carbons (Fsp3) is 0.500. The molecule has 7 nitrogen and oxygen atoms in total. The van der Waals surface area contributed by atoms with Gasteiger partial charge in [-0.3, -0.25) is 9.89 Å². The first kappa shape index (κ1) is 25.6. The van der Waals surface area contributed by atoms with Gasteiger partial charge < -0.3 is 20.3 Å². The van der Waals surface area contributed by atoms with Gasteiger partial charge in [-0.2, -0.15) is 0 Å². The maximum Gasteiger partial charge on any atom is 0.191 e. The predicted octanol–water partition coefficient (Wildman–Crippen LogP) is 3.18. The van der Waals surface area contributed by atoms with Crippen molar-refractivity contribution < 1.29 is 9.13 Å². The minimum atomic E-state index is -0.218. The van der Waals surface area contributed by atoms with Crippen molar-refractivity contribution in [3.8, 4) is 0 Å². The van der Waals surface area contributed by atoms with E-state index in [1.54, 1.807) is 7.05 Å². The molecule has 0 bridgehead atoms. The van der Waals surface area contributed by atoms with Gasteiger partial charge in [0, 0.05) is 52.5 Å². The Kier molecular flexibility index (Phi) is 10.1. The Morgan fingerprint density at radius 2 is 1.79 bits per heavy atom. The molecule has 33 heavy (non-hydrogen) atoms. The highest BCUT2D eigenvalue weighted by Crippen LogP contribution is 2.22. The van der Waals surface area contributed by atoms with Gasteiger partial charge in [-0.1, -0.05) is 18.2 Å². The predicted molar refractivity (Wildman–Crippen MR) is 141 cm³/mol. The highest BCUT2D eigenvalue weighted by atomic mass is 127. The van der Waals surface area contributed by atoms with Crippen molar-refractivity contribution in [2.75, 3.05) is 57.9 Å². The number of pyridine rings is 1. The number of guanidine groups is 1. The standard InChI is InChI=1S/C24H33FN6O.HI/c1-26-24(28-17-19-4-9-23(27-16-19)31-10-2-3-11-31)29-18-22(30-12-14-32-15-13-30)20-5-7-21(25)8-6-20;/h4-9,16,22H,2-3,10-15,17-18H2,1H3,(H2,26,28,29);1H. The van der Waals surface area contributed by atoms with E-state index in [0.29, 0.717) is 26.3 Å². The number of halogens is 2. The van der Waals surface area contributed by atoms with E-state index >= 15 is 0 Å². The normalized spacial score (nSPS) is 18.0. The summed E-state index contributed by atoms with van der Waals surface area (Å²) in [5.41, 5.74) is 2.19. The number of morpholine rings is 1. The fourth-order valence-electron chi connectivity index (χ4n) is 4.29. The molecule has 1 aromatic carbocycles. The molecule has 1 unspecified atom stereocenters. The Bertz CT molecular complexity index is 868. The molecule has 3 heterocycles. The van der Waals surface area contributed by atoms with Gasteiger partial charge in [0.15, 0.2) is 5.96 Å². The summed E-state index contributed by atoms with van der Waals surface area (Å²) in [7, 11) is 1.77. The lowest BCUT2D eigenvalue weighted by Crippen LogP contribution is -2.46. The average molecular weight is 568 g/mol. The first-order valence-electron chi connectivity index (χ1n) is 11.4. The van der Waals surface area contributed by atoms with Crippen LogP contribution in [0.1, 0.15) is 30.0 Å². The van der Waals surface area contributed by atoms with Crippen LogP contribution in [0.2, 0.25) is 0 Å². The molecule has 0 radical (unpaired) electrons. The van der Waals surface area contributed by atoms with Crippen LogP contribution in [0.3, 0.4) is 0 Å². The summed E-state index contributed by atoms with van der Waals surface area (Å²) in [6.07, 6.45) is 4.43. The van der Waals surface area contributed by atoms with Crippen LogP contribution < -0.4 is 15.5 Å². The van der Waals surface area contributed by atoms with Gasteiger partial charge in [-0.15, -0.1) is 24.0 Å². The number of nitrogens with zero attached hydrogens (tertiary/aromatic N) is 4. The van der Waals surface area contributed by atoms with Gasteiger partial charge in [0.1, 0.15) is 11.6 Å². The Balaban J connectivity index is 0.00000306. The molecule has 180 valence electrons. The van der Waals surface area contributed by atoms with E-state index in [4.69, 9.17) is 4.74 Å². The molecule has 0 saturated carbocycles. The zero-order valence-electron chi connectivity index (χ0n) is 19.2. The minimum Gasteiger partial charge on any atom is -0.379 e. The van der Waals surface area contributed by atoms with Crippen molar-refractivity contribution >= 4 is 35.8 Å². The van der Waals surface area contributed by atoms with E-state index in [-0.39, 0.29) is 35.8 Å². The van der Waals surface area contributed by atoms with Crippen molar-refractivity contribution in [2.24, 2.45) is 4.99 Å². The number of ether oxygens (including phenoxy) is 1. The summed E-state index contributed by atoms with van der Waals surface area (Å²) in [6, 6.07) is 11.1. The summed E-state index contributed by atoms with van der Waals surface area (Å²) in [6.45, 7) is 6.63. The molecule has 1 atom stereocenters. The van der Waals surface area contributed by atoms with Crippen LogP contribution in [0.4, 0.5) is 10.2 Å². The molecule has 2 saturated heterocycles. The van der Waals surface area contributed by atoms with E-state index < -0.39 is 0 Å². The van der Waals surface area contributed by atoms with E-state index in [9.17, 15) is 4.39 Å². The van der Waals surface area contributed by atoms with Crippen LogP contribution in [0.15, 0.2) is 47.6 Å². The van der Waals surface area contributed by atoms with E-state index in [1.807, 2.05) is 18.3 Å². The van der Waals surface area contributed by atoms with Crippen LogP contribution in [-0.2, 0) is 11.3 Å².